The molecule has 0 saturated carbocycles. The van der Waals surface area contributed by atoms with Gasteiger partial charge in [0, 0.05) is 13.0 Å². The number of carbonyl (C=O) groups excluding carboxylic acids is 1. The predicted octanol–water partition coefficient (Wildman–Crippen LogP) is 12.6. The summed E-state index contributed by atoms with van der Waals surface area (Å²) in [6.45, 7) is 5.33. The van der Waals surface area contributed by atoms with Crippen LogP contribution in [0.3, 0.4) is 0 Å². The Morgan fingerprint density at radius 1 is 0.523 bits per heavy atom. The predicted molar refractivity (Wildman–Crippen MR) is 191 cm³/mol. The molecule has 1 unspecified atom stereocenters. The maximum atomic E-state index is 12.2. The van der Waals surface area contributed by atoms with E-state index in [1.807, 2.05) is 0 Å². The third kappa shape index (κ3) is 35.6. The van der Waals surface area contributed by atoms with Gasteiger partial charge in [0.2, 0.25) is 0 Å². The lowest BCUT2D eigenvalue weighted by molar-refractivity contribution is -0.154. The van der Waals surface area contributed by atoms with Gasteiger partial charge in [-0.3, -0.25) is 4.79 Å². The highest BCUT2D eigenvalue weighted by atomic mass is 16.6. The molecule has 0 aromatic rings. The van der Waals surface area contributed by atoms with Gasteiger partial charge in [-0.2, -0.15) is 0 Å². The molecule has 0 aliphatic heterocycles. The maximum absolute atomic E-state index is 12.2. The van der Waals surface area contributed by atoms with Crippen LogP contribution in [0.1, 0.15) is 213 Å². The summed E-state index contributed by atoms with van der Waals surface area (Å²) >= 11 is 0. The van der Waals surface area contributed by atoms with E-state index in [2.05, 4.69) is 26.0 Å². The molecule has 0 aliphatic carbocycles. The van der Waals surface area contributed by atoms with E-state index in [9.17, 15) is 9.90 Å². The molecule has 0 spiro atoms. The van der Waals surface area contributed by atoms with Crippen molar-refractivity contribution in [1.29, 1.82) is 0 Å². The van der Waals surface area contributed by atoms with E-state index in [4.69, 9.17) is 9.47 Å². The van der Waals surface area contributed by atoms with E-state index in [-0.39, 0.29) is 12.6 Å². The number of esters is 1. The number of unbranched alkanes of at least 4 members (excludes halogenated alkanes) is 27. The zero-order chi connectivity index (χ0) is 32.0. The first-order chi connectivity index (χ1) is 21.7. The van der Waals surface area contributed by atoms with E-state index < -0.39 is 6.10 Å². The first kappa shape index (κ1) is 43.1. The summed E-state index contributed by atoms with van der Waals surface area (Å²) in [5.41, 5.74) is 0. The third-order valence-electron chi connectivity index (χ3n) is 8.84. The quantitative estimate of drug-likeness (QED) is 0.0425. The summed E-state index contributed by atoms with van der Waals surface area (Å²) in [6.07, 6.45) is 44.0. The van der Waals surface area contributed by atoms with Crippen LogP contribution in [0.25, 0.3) is 0 Å². The Balaban J connectivity index is 3.37. The monoisotopic (exact) mass is 623 g/mol. The number of rotatable bonds is 37. The Labute approximate surface area is 275 Å². The van der Waals surface area contributed by atoms with Crippen LogP contribution in [0.2, 0.25) is 0 Å². The smallest absolute Gasteiger partial charge is 0.306 e. The molecule has 4 nitrogen and oxygen atoms in total. The maximum Gasteiger partial charge on any atom is 0.306 e. The van der Waals surface area contributed by atoms with Crippen molar-refractivity contribution in [2.45, 2.75) is 219 Å². The number of allylic oxidation sites excluding steroid dienone is 2. The van der Waals surface area contributed by atoms with E-state index >= 15 is 0 Å². The molecule has 1 atom stereocenters. The van der Waals surface area contributed by atoms with Gasteiger partial charge in [-0.25, -0.2) is 0 Å². The molecule has 0 saturated heterocycles. The fraction of sp³-hybridized carbons (Fsp3) is 0.925. The van der Waals surface area contributed by atoms with Crippen molar-refractivity contribution in [3.63, 3.8) is 0 Å². The van der Waals surface area contributed by atoms with E-state index in [0.29, 0.717) is 19.6 Å². The largest absolute Gasteiger partial charge is 0.457 e. The minimum absolute atomic E-state index is 0.169. The van der Waals surface area contributed by atoms with Crippen molar-refractivity contribution in [2.75, 3.05) is 19.8 Å². The first-order valence-corrected chi connectivity index (χ1v) is 19.8. The van der Waals surface area contributed by atoms with Gasteiger partial charge >= 0.3 is 5.97 Å². The Kier molecular flexibility index (Phi) is 37.6. The van der Waals surface area contributed by atoms with Gasteiger partial charge in [-0.05, 0) is 32.1 Å². The highest BCUT2D eigenvalue weighted by Gasteiger charge is 2.13. The van der Waals surface area contributed by atoms with Gasteiger partial charge in [0.1, 0.15) is 6.10 Å². The fourth-order valence-corrected chi connectivity index (χ4v) is 5.84. The van der Waals surface area contributed by atoms with Gasteiger partial charge in [-0.15, -0.1) is 0 Å². The van der Waals surface area contributed by atoms with Crippen molar-refractivity contribution in [2.24, 2.45) is 0 Å². The molecular formula is C40H78O4. The van der Waals surface area contributed by atoms with Crippen LogP contribution < -0.4 is 0 Å². The molecule has 0 aromatic heterocycles. The van der Waals surface area contributed by atoms with E-state index in [0.717, 1.165) is 19.3 Å². The summed E-state index contributed by atoms with van der Waals surface area (Å²) in [5, 5.41) is 9.56. The Bertz CT molecular complexity index is 576. The Morgan fingerprint density at radius 2 is 0.909 bits per heavy atom. The van der Waals surface area contributed by atoms with Gasteiger partial charge in [0.05, 0.1) is 13.2 Å². The zero-order valence-corrected chi connectivity index (χ0v) is 29.9. The highest BCUT2D eigenvalue weighted by Crippen LogP contribution is 2.15. The molecule has 0 aliphatic rings. The minimum Gasteiger partial charge on any atom is -0.457 e. The van der Waals surface area contributed by atoms with Gasteiger partial charge in [0.15, 0.2) is 0 Å². The fourth-order valence-electron chi connectivity index (χ4n) is 5.84. The molecule has 0 amide bonds. The number of aliphatic hydroxyl groups excluding tert-OH is 1. The standard InChI is InChI=1S/C40H78O4/c1-3-5-7-9-11-13-15-17-18-19-20-21-22-23-24-25-27-29-31-33-35-40(42)44-39(37-41)38-43-36-34-32-30-28-26-16-14-12-10-8-6-4-2/h10,12,39,41H,3-9,11,13-38H2,1-2H3/b12-10-. The molecule has 0 rings (SSSR count). The Morgan fingerprint density at radius 3 is 1.36 bits per heavy atom. The van der Waals surface area contributed by atoms with Crippen molar-refractivity contribution >= 4 is 5.97 Å². The number of aliphatic hydroxyl groups is 1. The number of hydrogen-bond acceptors (Lipinski definition) is 4. The molecule has 262 valence electrons. The molecular weight excluding hydrogens is 544 g/mol. The van der Waals surface area contributed by atoms with Crippen molar-refractivity contribution < 1.29 is 19.4 Å². The lowest BCUT2D eigenvalue weighted by Gasteiger charge is -2.15. The lowest BCUT2D eigenvalue weighted by Crippen LogP contribution is -2.27. The van der Waals surface area contributed by atoms with Crippen molar-refractivity contribution in [3.05, 3.63) is 12.2 Å². The van der Waals surface area contributed by atoms with E-state index in [1.54, 1.807) is 0 Å². The number of hydrogen-bond donors (Lipinski definition) is 1. The second-order valence-corrected chi connectivity index (χ2v) is 13.4. The molecule has 0 heterocycles. The number of carbonyl (C=O) groups is 1. The summed E-state index contributed by atoms with van der Waals surface area (Å²) in [6, 6.07) is 0. The van der Waals surface area contributed by atoms with Crippen molar-refractivity contribution in [1.82, 2.24) is 0 Å². The average molecular weight is 623 g/mol. The minimum atomic E-state index is -0.530. The van der Waals surface area contributed by atoms with E-state index in [1.165, 1.54) is 173 Å². The van der Waals surface area contributed by atoms with Crippen LogP contribution >= 0.6 is 0 Å². The molecule has 44 heavy (non-hydrogen) atoms. The third-order valence-corrected chi connectivity index (χ3v) is 8.84. The zero-order valence-electron chi connectivity index (χ0n) is 29.9. The average Bonchev–Trinajstić information content (AvgIpc) is 3.03. The van der Waals surface area contributed by atoms with Crippen LogP contribution in [-0.4, -0.2) is 37.0 Å². The summed E-state index contributed by atoms with van der Waals surface area (Å²) in [7, 11) is 0. The summed E-state index contributed by atoms with van der Waals surface area (Å²) in [5.74, 6) is -0.199. The topological polar surface area (TPSA) is 55.8 Å². The highest BCUT2D eigenvalue weighted by molar-refractivity contribution is 5.69. The summed E-state index contributed by atoms with van der Waals surface area (Å²) in [4.78, 5) is 12.2. The van der Waals surface area contributed by atoms with Crippen molar-refractivity contribution in [3.8, 4) is 0 Å². The molecule has 0 bridgehead atoms. The molecule has 1 N–H and O–H groups in total. The van der Waals surface area contributed by atoms with Gasteiger partial charge in [-0.1, -0.05) is 187 Å². The van der Waals surface area contributed by atoms with Crippen LogP contribution in [0.15, 0.2) is 12.2 Å². The number of ether oxygens (including phenoxy) is 2. The van der Waals surface area contributed by atoms with Crippen LogP contribution in [0.5, 0.6) is 0 Å². The lowest BCUT2D eigenvalue weighted by atomic mass is 10.0. The SMILES string of the molecule is CCCC/C=C\CCCCCCCCOCC(CO)OC(=O)CCCCCCCCCCCCCCCCCCCCCC. The Hall–Kier alpha value is -0.870. The molecule has 0 radical (unpaired) electrons. The molecule has 4 heteroatoms. The van der Waals surface area contributed by atoms with Gasteiger partial charge < -0.3 is 14.6 Å². The van der Waals surface area contributed by atoms with Crippen LogP contribution in [-0.2, 0) is 14.3 Å². The van der Waals surface area contributed by atoms with Gasteiger partial charge in [0.25, 0.3) is 0 Å². The normalized spacial score (nSPS) is 12.3. The first-order valence-electron chi connectivity index (χ1n) is 19.8. The summed E-state index contributed by atoms with van der Waals surface area (Å²) < 4.78 is 11.1. The molecule has 0 fully saturated rings. The van der Waals surface area contributed by atoms with Crippen LogP contribution in [0, 0.1) is 0 Å². The molecule has 0 aromatic carbocycles. The second-order valence-electron chi connectivity index (χ2n) is 13.4. The van der Waals surface area contributed by atoms with Crippen LogP contribution in [0.4, 0.5) is 0 Å². The second kappa shape index (κ2) is 38.3.